The van der Waals surface area contributed by atoms with Gasteiger partial charge in [0.15, 0.2) is 5.13 Å². The van der Waals surface area contributed by atoms with Crippen LogP contribution in [0.25, 0.3) is 0 Å². The molecular formula is C23H26N4O3S2. The van der Waals surface area contributed by atoms with Crippen LogP contribution in [0.1, 0.15) is 47.8 Å². The zero-order chi connectivity index (χ0) is 22.6. The van der Waals surface area contributed by atoms with Crippen LogP contribution in [0.5, 0.6) is 0 Å². The number of benzene rings is 1. The number of aryl methyl sites for hydroxylation is 1. The van der Waals surface area contributed by atoms with Crippen LogP contribution in [-0.2, 0) is 22.9 Å². The van der Waals surface area contributed by atoms with E-state index >= 15 is 0 Å². The molecule has 0 bridgehead atoms. The van der Waals surface area contributed by atoms with Gasteiger partial charge in [0.25, 0.3) is 15.9 Å². The SMILES string of the molecule is CCc1cccnc1CC1CCCCN1C(=O)c1ccc(S(=O)(=O)Nc2nccs2)cc1. The van der Waals surface area contributed by atoms with Crippen molar-refractivity contribution >= 4 is 32.4 Å². The molecule has 32 heavy (non-hydrogen) atoms. The molecule has 0 radical (unpaired) electrons. The number of pyridine rings is 1. The van der Waals surface area contributed by atoms with E-state index in [4.69, 9.17) is 0 Å². The molecule has 1 unspecified atom stereocenters. The van der Waals surface area contributed by atoms with Crippen LogP contribution in [0.3, 0.4) is 0 Å². The lowest BCUT2D eigenvalue weighted by atomic mass is 9.94. The molecule has 1 aromatic carbocycles. The standard InChI is InChI=1S/C23H26N4O3S2/c1-2-17-6-5-12-24-21(17)16-19-7-3-4-14-27(19)22(28)18-8-10-20(11-9-18)32(29,30)26-23-25-13-15-31-23/h5-6,8-13,15,19H,2-4,7,14,16H2,1H3,(H,25,26). The molecule has 0 aliphatic carbocycles. The van der Waals surface area contributed by atoms with Crippen LogP contribution in [0, 0.1) is 0 Å². The molecule has 1 atom stereocenters. The summed E-state index contributed by atoms with van der Waals surface area (Å²) in [4.78, 5) is 23.8. The first-order chi connectivity index (χ1) is 15.5. The summed E-state index contributed by atoms with van der Waals surface area (Å²) in [6, 6.07) is 10.2. The van der Waals surface area contributed by atoms with E-state index in [0.29, 0.717) is 17.2 Å². The lowest BCUT2D eigenvalue weighted by Crippen LogP contribution is -2.45. The molecule has 1 amide bonds. The van der Waals surface area contributed by atoms with Gasteiger partial charge in [0.1, 0.15) is 0 Å². The second-order valence-corrected chi connectivity index (χ2v) is 10.4. The van der Waals surface area contributed by atoms with Crippen molar-refractivity contribution in [2.45, 2.75) is 50.0 Å². The van der Waals surface area contributed by atoms with Crippen LogP contribution in [-0.4, -0.2) is 41.8 Å². The van der Waals surface area contributed by atoms with E-state index in [1.807, 2.05) is 17.2 Å². The highest BCUT2D eigenvalue weighted by Crippen LogP contribution is 2.25. The van der Waals surface area contributed by atoms with Crippen molar-refractivity contribution in [1.82, 2.24) is 14.9 Å². The van der Waals surface area contributed by atoms with Gasteiger partial charge in [0.05, 0.1) is 4.90 Å². The van der Waals surface area contributed by atoms with E-state index in [2.05, 4.69) is 27.7 Å². The maximum absolute atomic E-state index is 13.3. The number of carbonyl (C=O) groups excluding carboxylic acids is 1. The molecule has 1 saturated heterocycles. The summed E-state index contributed by atoms with van der Waals surface area (Å²) in [5, 5.41) is 2.01. The van der Waals surface area contributed by atoms with Crippen molar-refractivity contribution in [3.05, 3.63) is 71.0 Å². The number of thiazole rings is 1. The first-order valence-corrected chi connectivity index (χ1v) is 13.1. The second-order valence-electron chi connectivity index (χ2n) is 7.78. The number of aromatic nitrogens is 2. The number of nitrogens with one attached hydrogen (secondary N) is 1. The maximum Gasteiger partial charge on any atom is 0.263 e. The van der Waals surface area contributed by atoms with Gasteiger partial charge in [-0.3, -0.25) is 14.5 Å². The molecular weight excluding hydrogens is 444 g/mol. The smallest absolute Gasteiger partial charge is 0.263 e. The molecule has 1 aliphatic heterocycles. The molecule has 1 fully saturated rings. The molecule has 2 aromatic heterocycles. The Morgan fingerprint density at radius 3 is 2.69 bits per heavy atom. The van der Waals surface area contributed by atoms with Gasteiger partial charge >= 0.3 is 0 Å². The molecule has 9 heteroatoms. The Morgan fingerprint density at radius 2 is 1.97 bits per heavy atom. The summed E-state index contributed by atoms with van der Waals surface area (Å²) >= 11 is 1.21. The number of carbonyl (C=O) groups is 1. The van der Waals surface area contributed by atoms with Crippen molar-refractivity contribution in [2.75, 3.05) is 11.3 Å². The van der Waals surface area contributed by atoms with E-state index in [1.165, 1.54) is 35.2 Å². The van der Waals surface area contributed by atoms with Crippen LogP contribution < -0.4 is 4.72 Å². The van der Waals surface area contributed by atoms with Crippen molar-refractivity contribution in [1.29, 1.82) is 0 Å². The zero-order valence-corrected chi connectivity index (χ0v) is 19.5. The molecule has 1 aliphatic rings. The van der Waals surface area contributed by atoms with Gasteiger partial charge in [-0.2, -0.15) is 0 Å². The fourth-order valence-corrected chi connectivity index (χ4v) is 5.86. The van der Waals surface area contributed by atoms with Crippen molar-refractivity contribution in [2.24, 2.45) is 0 Å². The fourth-order valence-electron chi connectivity index (χ4n) is 4.07. The average molecular weight is 471 g/mol. The Kier molecular flexibility index (Phi) is 6.86. The summed E-state index contributed by atoms with van der Waals surface area (Å²) < 4.78 is 27.6. The third kappa shape index (κ3) is 4.99. The first-order valence-electron chi connectivity index (χ1n) is 10.7. The summed E-state index contributed by atoms with van der Waals surface area (Å²) in [7, 11) is -3.74. The predicted molar refractivity (Wildman–Crippen MR) is 125 cm³/mol. The Balaban J connectivity index is 1.50. The average Bonchev–Trinajstić information content (AvgIpc) is 3.32. The maximum atomic E-state index is 13.3. The number of hydrogen-bond donors (Lipinski definition) is 1. The lowest BCUT2D eigenvalue weighted by molar-refractivity contribution is 0.0612. The highest BCUT2D eigenvalue weighted by Gasteiger charge is 2.29. The normalized spacial score (nSPS) is 16.7. The summed E-state index contributed by atoms with van der Waals surface area (Å²) in [6.07, 6.45) is 7.98. The van der Waals surface area contributed by atoms with Crippen molar-refractivity contribution in [3.8, 4) is 0 Å². The number of likely N-dealkylation sites (tertiary alicyclic amines) is 1. The molecule has 4 rings (SSSR count). The second kappa shape index (κ2) is 9.79. The molecule has 3 aromatic rings. The first kappa shape index (κ1) is 22.4. The van der Waals surface area contributed by atoms with Crippen LogP contribution in [0.4, 0.5) is 5.13 Å². The van der Waals surface area contributed by atoms with Crippen LogP contribution >= 0.6 is 11.3 Å². The highest BCUT2D eigenvalue weighted by molar-refractivity contribution is 7.93. The summed E-state index contributed by atoms with van der Waals surface area (Å²) in [6.45, 7) is 2.81. The number of rotatable bonds is 7. The summed E-state index contributed by atoms with van der Waals surface area (Å²) in [5.41, 5.74) is 2.75. The van der Waals surface area contributed by atoms with Gasteiger partial charge in [-0.1, -0.05) is 13.0 Å². The minimum Gasteiger partial charge on any atom is -0.335 e. The molecule has 168 valence electrons. The Morgan fingerprint density at radius 1 is 1.16 bits per heavy atom. The van der Waals surface area contributed by atoms with Gasteiger partial charge in [0, 0.05) is 48.0 Å². The van der Waals surface area contributed by atoms with E-state index in [9.17, 15) is 13.2 Å². The van der Waals surface area contributed by atoms with E-state index < -0.39 is 10.0 Å². The Labute approximate surface area is 192 Å². The molecule has 3 heterocycles. The molecule has 0 saturated carbocycles. The number of amides is 1. The van der Waals surface area contributed by atoms with Gasteiger partial charge in [-0.25, -0.2) is 13.4 Å². The van der Waals surface area contributed by atoms with Gasteiger partial charge in [0.2, 0.25) is 0 Å². The lowest BCUT2D eigenvalue weighted by Gasteiger charge is -2.36. The van der Waals surface area contributed by atoms with Gasteiger partial charge < -0.3 is 4.90 Å². The Bertz CT molecular complexity index is 1160. The topological polar surface area (TPSA) is 92.3 Å². The van der Waals surface area contributed by atoms with E-state index in [-0.39, 0.29) is 16.8 Å². The third-order valence-electron chi connectivity index (χ3n) is 5.75. The highest BCUT2D eigenvalue weighted by atomic mass is 32.2. The number of sulfonamides is 1. The number of nitrogens with zero attached hydrogens (tertiary/aromatic N) is 3. The fraction of sp³-hybridized carbons (Fsp3) is 0.348. The van der Waals surface area contributed by atoms with Gasteiger partial charge in [-0.15, -0.1) is 11.3 Å². The van der Waals surface area contributed by atoms with E-state index in [1.54, 1.807) is 17.5 Å². The van der Waals surface area contributed by atoms with Crippen molar-refractivity contribution < 1.29 is 13.2 Å². The molecule has 7 nitrogen and oxygen atoms in total. The minimum atomic E-state index is -3.74. The molecule has 1 N–H and O–H groups in total. The monoisotopic (exact) mass is 470 g/mol. The van der Waals surface area contributed by atoms with Crippen LogP contribution in [0.15, 0.2) is 59.1 Å². The van der Waals surface area contributed by atoms with Crippen molar-refractivity contribution in [3.63, 3.8) is 0 Å². The predicted octanol–water partition coefficient (Wildman–Crippen LogP) is 4.14. The number of hydrogen-bond acceptors (Lipinski definition) is 6. The third-order valence-corrected chi connectivity index (χ3v) is 7.92. The Hall–Kier alpha value is -2.78. The van der Waals surface area contributed by atoms with Gasteiger partial charge in [-0.05, 0) is 61.6 Å². The number of anilines is 1. The van der Waals surface area contributed by atoms with Crippen LogP contribution in [0.2, 0.25) is 0 Å². The quantitative estimate of drug-likeness (QED) is 0.560. The largest absolute Gasteiger partial charge is 0.335 e. The zero-order valence-electron chi connectivity index (χ0n) is 17.9. The summed E-state index contributed by atoms with van der Waals surface area (Å²) in [5.74, 6) is -0.0690. The molecule has 0 spiro atoms. The van der Waals surface area contributed by atoms with E-state index in [0.717, 1.165) is 37.8 Å². The number of piperidine rings is 1. The minimum absolute atomic E-state index is 0.0690.